The van der Waals surface area contributed by atoms with Crippen LogP contribution >= 0.6 is 15.9 Å². The molecule has 2 heterocycles. The molecule has 0 fully saturated rings. The highest BCUT2D eigenvalue weighted by atomic mass is 79.9. The van der Waals surface area contributed by atoms with Gasteiger partial charge in [0.15, 0.2) is 11.5 Å². The number of hydrogen-bond acceptors (Lipinski definition) is 3. The fourth-order valence-electron chi connectivity index (χ4n) is 1.65. The molecule has 0 bridgehead atoms. The molecular formula is C12H8BrN3O. The first-order valence-electron chi connectivity index (χ1n) is 5.05. The SMILES string of the molecule is Oc1ccccc1-c1nc2cccc(Br)n2n1. The number of benzene rings is 1. The molecule has 0 atom stereocenters. The number of fused-ring (bicyclic) bond motifs is 1. The number of rotatable bonds is 1. The lowest BCUT2D eigenvalue weighted by Crippen LogP contribution is -1.88. The monoisotopic (exact) mass is 289 g/mol. The van der Waals surface area contributed by atoms with Gasteiger partial charge in [0.2, 0.25) is 0 Å². The van der Waals surface area contributed by atoms with Gasteiger partial charge in [0.25, 0.3) is 0 Å². The molecule has 4 nitrogen and oxygen atoms in total. The average Bonchev–Trinajstić information content (AvgIpc) is 2.75. The van der Waals surface area contributed by atoms with E-state index in [9.17, 15) is 5.11 Å². The van der Waals surface area contributed by atoms with Gasteiger partial charge in [-0.05, 0) is 40.2 Å². The van der Waals surface area contributed by atoms with Crippen molar-refractivity contribution < 1.29 is 5.11 Å². The van der Waals surface area contributed by atoms with Gasteiger partial charge >= 0.3 is 0 Å². The Morgan fingerprint density at radius 3 is 2.65 bits per heavy atom. The zero-order valence-electron chi connectivity index (χ0n) is 8.71. The van der Waals surface area contributed by atoms with Gasteiger partial charge in [-0.25, -0.2) is 9.50 Å². The Hall–Kier alpha value is -1.88. The Balaban J connectivity index is 2.26. The lowest BCUT2D eigenvalue weighted by atomic mass is 10.2. The Morgan fingerprint density at radius 2 is 1.88 bits per heavy atom. The summed E-state index contributed by atoms with van der Waals surface area (Å²) >= 11 is 3.40. The van der Waals surface area contributed by atoms with Gasteiger partial charge in [-0.3, -0.25) is 0 Å². The summed E-state index contributed by atoms with van der Waals surface area (Å²) in [5.74, 6) is 0.689. The number of hydrogen-bond donors (Lipinski definition) is 1. The van der Waals surface area contributed by atoms with Crippen LogP contribution in [-0.2, 0) is 0 Å². The number of phenolic OH excluding ortho intramolecular Hbond substituents is 1. The maximum absolute atomic E-state index is 9.76. The van der Waals surface area contributed by atoms with Crippen LogP contribution in [-0.4, -0.2) is 19.7 Å². The molecular weight excluding hydrogens is 282 g/mol. The van der Waals surface area contributed by atoms with Gasteiger partial charge in [-0.1, -0.05) is 18.2 Å². The smallest absolute Gasteiger partial charge is 0.185 e. The summed E-state index contributed by atoms with van der Waals surface area (Å²) in [6.07, 6.45) is 0. The molecule has 1 N–H and O–H groups in total. The fraction of sp³-hybridized carbons (Fsp3) is 0. The van der Waals surface area contributed by atoms with Gasteiger partial charge in [0, 0.05) is 0 Å². The molecule has 0 spiro atoms. The second-order valence-electron chi connectivity index (χ2n) is 3.57. The summed E-state index contributed by atoms with van der Waals surface area (Å²) in [6.45, 7) is 0. The highest BCUT2D eigenvalue weighted by molar-refractivity contribution is 9.10. The van der Waals surface area contributed by atoms with Crippen LogP contribution in [0.3, 0.4) is 0 Å². The topological polar surface area (TPSA) is 50.4 Å². The van der Waals surface area contributed by atoms with Crippen molar-refractivity contribution in [1.29, 1.82) is 0 Å². The number of halogens is 1. The number of pyridine rings is 1. The maximum Gasteiger partial charge on any atom is 0.185 e. The summed E-state index contributed by atoms with van der Waals surface area (Å²) in [4.78, 5) is 4.37. The third-order valence-electron chi connectivity index (χ3n) is 2.46. The lowest BCUT2D eigenvalue weighted by molar-refractivity contribution is 0.477. The zero-order chi connectivity index (χ0) is 11.8. The van der Waals surface area contributed by atoms with Crippen molar-refractivity contribution in [2.45, 2.75) is 0 Å². The molecule has 0 saturated carbocycles. The molecule has 2 aromatic heterocycles. The van der Waals surface area contributed by atoms with Gasteiger partial charge in [0.1, 0.15) is 10.4 Å². The van der Waals surface area contributed by atoms with E-state index in [0.29, 0.717) is 11.4 Å². The minimum atomic E-state index is 0.180. The molecule has 0 aliphatic carbocycles. The van der Waals surface area contributed by atoms with E-state index in [1.165, 1.54) is 0 Å². The van der Waals surface area contributed by atoms with Crippen molar-refractivity contribution in [3.63, 3.8) is 0 Å². The maximum atomic E-state index is 9.76. The number of phenols is 1. The van der Waals surface area contributed by atoms with Crippen LogP contribution in [0.1, 0.15) is 0 Å². The van der Waals surface area contributed by atoms with Crippen molar-refractivity contribution in [1.82, 2.24) is 14.6 Å². The summed E-state index contributed by atoms with van der Waals surface area (Å²) in [5, 5.41) is 14.1. The third-order valence-corrected chi connectivity index (χ3v) is 3.06. The normalized spacial score (nSPS) is 10.9. The predicted octanol–water partition coefficient (Wildman–Crippen LogP) is 2.86. The second-order valence-corrected chi connectivity index (χ2v) is 4.38. The largest absolute Gasteiger partial charge is 0.507 e. The Bertz CT molecular complexity index is 693. The number of para-hydroxylation sites is 1. The van der Waals surface area contributed by atoms with Crippen LogP contribution < -0.4 is 0 Å². The summed E-state index contributed by atoms with van der Waals surface area (Å²) in [5.41, 5.74) is 1.36. The first-order valence-corrected chi connectivity index (χ1v) is 5.84. The molecule has 84 valence electrons. The van der Waals surface area contributed by atoms with E-state index in [4.69, 9.17) is 0 Å². The summed E-state index contributed by atoms with van der Waals surface area (Å²) in [6, 6.07) is 12.7. The molecule has 0 radical (unpaired) electrons. The molecule has 3 rings (SSSR count). The van der Waals surface area contributed by atoms with E-state index in [1.807, 2.05) is 24.3 Å². The predicted molar refractivity (Wildman–Crippen MR) is 67.8 cm³/mol. The van der Waals surface area contributed by atoms with Crippen molar-refractivity contribution in [2.75, 3.05) is 0 Å². The Labute approximate surface area is 106 Å². The fourth-order valence-corrected chi connectivity index (χ4v) is 2.06. The van der Waals surface area contributed by atoms with E-state index in [1.54, 1.807) is 22.7 Å². The molecule has 0 amide bonds. The first-order chi connectivity index (χ1) is 8.25. The Morgan fingerprint density at radius 1 is 1.06 bits per heavy atom. The van der Waals surface area contributed by atoms with Crippen LogP contribution in [0.2, 0.25) is 0 Å². The van der Waals surface area contributed by atoms with Crippen molar-refractivity contribution in [2.24, 2.45) is 0 Å². The molecule has 0 saturated heterocycles. The van der Waals surface area contributed by atoms with Crippen LogP contribution in [0.25, 0.3) is 17.0 Å². The molecule has 0 unspecified atom stereocenters. The van der Waals surface area contributed by atoms with Crippen LogP contribution in [0.5, 0.6) is 5.75 Å². The summed E-state index contributed by atoms with van der Waals surface area (Å²) in [7, 11) is 0. The number of nitrogens with zero attached hydrogens (tertiary/aromatic N) is 3. The van der Waals surface area contributed by atoms with E-state index in [-0.39, 0.29) is 5.75 Å². The molecule has 0 aliphatic rings. The van der Waals surface area contributed by atoms with E-state index in [0.717, 1.165) is 10.3 Å². The highest BCUT2D eigenvalue weighted by Crippen LogP contribution is 2.26. The Kier molecular flexibility index (Phi) is 2.33. The van der Waals surface area contributed by atoms with Crippen molar-refractivity contribution in [3.8, 4) is 17.1 Å². The minimum absolute atomic E-state index is 0.180. The standard InChI is InChI=1S/C12H8BrN3O/c13-10-6-3-7-11-14-12(15-16(10)11)8-4-1-2-5-9(8)17/h1-7,17H. The van der Waals surface area contributed by atoms with E-state index >= 15 is 0 Å². The minimum Gasteiger partial charge on any atom is -0.507 e. The number of aromatic hydroxyl groups is 1. The van der Waals surface area contributed by atoms with Gasteiger partial charge in [0.05, 0.1) is 5.56 Å². The van der Waals surface area contributed by atoms with Gasteiger partial charge < -0.3 is 5.11 Å². The zero-order valence-corrected chi connectivity index (χ0v) is 10.3. The molecule has 3 aromatic rings. The average molecular weight is 290 g/mol. The van der Waals surface area contributed by atoms with Gasteiger partial charge in [-0.2, -0.15) is 0 Å². The second kappa shape index (κ2) is 3.85. The van der Waals surface area contributed by atoms with E-state index < -0.39 is 0 Å². The first kappa shape index (κ1) is 10.3. The third kappa shape index (κ3) is 1.68. The van der Waals surface area contributed by atoms with Crippen LogP contribution in [0, 0.1) is 0 Å². The van der Waals surface area contributed by atoms with Crippen molar-refractivity contribution in [3.05, 3.63) is 47.1 Å². The summed E-state index contributed by atoms with van der Waals surface area (Å²) < 4.78 is 2.51. The van der Waals surface area contributed by atoms with Crippen molar-refractivity contribution >= 4 is 21.6 Å². The molecule has 5 heteroatoms. The van der Waals surface area contributed by atoms with Gasteiger partial charge in [-0.15, -0.1) is 5.10 Å². The molecule has 1 aromatic carbocycles. The molecule has 17 heavy (non-hydrogen) atoms. The van der Waals surface area contributed by atoms with E-state index in [2.05, 4.69) is 26.0 Å². The lowest BCUT2D eigenvalue weighted by Gasteiger charge is -1.97. The molecule has 0 aliphatic heterocycles. The quantitative estimate of drug-likeness (QED) is 0.701. The highest BCUT2D eigenvalue weighted by Gasteiger charge is 2.10. The number of aromatic nitrogens is 3. The van der Waals surface area contributed by atoms with Crippen LogP contribution in [0.4, 0.5) is 0 Å². The van der Waals surface area contributed by atoms with Crippen LogP contribution in [0.15, 0.2) is 47.1 Å².